The first-order valence-corrected chi connectivity index (χ1v) is 9.01. The number of aromatic amines is 1. The number of thioether (sulfide) groups is 1. The van der Waals surface area contributed by atoms with Crippen LogP contribution < -0.4 is 11.2 Å². The number of hydrogen-bond acceptors (Lipinski definition) is 6. The van der Waals surface area contributed by atoms with Gasteiger partial charge in [0.2, 0.25) is 0 Å². The number of aromatic nitrogens is 4. The van der Waals surface area contributed by atoms with Crippen molar-refractivity contribution in [3.8, 4) is 0 Å². The van der Waals surface area contributed by atoms with Crippen molar-refractivity contribution in [1.82, 2.24) is 19.1 Å². The molecule has 3 aromatic rings. The lowest BCUT2D eigenvalue weighted by atomic mass is 10.2. The van der Waals surface area contributed by atoms with E-state index in [-0.39, 0.29) is 11.4 Å². The molecule has 136 valence electrons. The van der Waals surface area contributed by atoms with Crippen molar-refractivity contribution in [2.75, 3.05) is 6.61 Å². The maximum atomic E-state index is 12.4. The summed E-state index contributed by atoms with van der Waals surface area (Å²) in [5, 5.41) is -0.409. The number of H-pyrrole nitrogens is 1. The number of nitrogens with one attached hydrogen (secondary N) is 1. The predicted molar refractivity (Wildman–Crippen MR) is 99.5 cm³/mol. The van der Waals surface area contributed by atoms with Crippen molar-refractivity contribution in [1.29, 1.82) is 0 Å². The van der Waals surface area contributed by atoms with E-state index in [4.69, 9.17) is 4.74 Å². The van der Waals surface area contributed by atoms with Crippen LogP contribution in [0, 0.1) is 0 Å². The van der Waals surface area contributed by atoms with E-state index in [2.05, 4.69) is 9.97 Å². The van der Waals surface area contributed by atoms with E-state index in [9.17, 15) is 14.4 Å². The molecular formula is C17H18N4O4S. The molecule has 1 aromatic carbocycles. The molecule has 3 rings (SSSR count). The van der Waals surface area contributed by atoms with E-state index in [0.29, 0.717) is 24.5 Å². The molecular weight excluding hydrogens is 356 g/mol. The van der Waals surface area contributed by atoms with Crippen molar-refractivity contribution >= 4 is 28.2 Å². The summed E-state index contributed by atoms with van der Waals surface area (Å²) in [5.74, 6) is 0.752. The summed E-state index contributed by atoms with van der Waals surface area (Å²) in [6.45, 7) is 2.43. The molecule has 0 unspecified atom stereocenters. The Morgan fingerprint density at radius 2 is 2.00 bits per heavy atom. The van der Waals surface area contributed by atoms with Crippen molar-refractivity contribution in [2.24, 2.45) is 7.05 Å². The normalized spacial score (nSPS) is 11.0. The number of carbonyl (C=O) groups is 1. The molecule has 0 bridgehead atoms. The first-order chi connectivity index (χ1) is 12.5. The van der Waals surface area contributed by atoms with Gasteiger partial charge in [0.05, 0.1) is 12.4 Å². The van der Waals surface area contributed by atoms with E-state index in [1.165, 1.54) is 4.57 Å². The van der Waals surface area contributed by atoms with Gasteiger partial charge in [-0.1, -0.05) is 30.3 Å². The van der Waals surface area contributed by atoms with Crippen LogP contribution in [0.3, 0.4) is 0 Å². The topological polar surface area (TPSA) is 99.0 Å². The highest BCUT2D eigenvalue weighted by Crippen LogP contribution is 2.19. The second kappa shape index (κ2) is 7.61. The maximum absolute atomic E-state index is 12.4. The molecule has 2 aromatic heterocycles. The highest BCUT2D eigenvalue weighted by molar-refractivity contribution is 8.12. The van der Waals surface area contributed by atoms with Crippen LogP contribution in [-0.4, -0.2) is 31.0 Å². The minimum Gasteiger partial charge on any atom is -0.458 e. The molecule has 0 aliphatic rings. The minimum absolute atomic E-state index is 0.230. The molecule has 0 fully saturated rings. The second-order valence-corrected chi connectivity index (χ2v) is 6.47. The van der Waals surface area contributed by atoms with Crippen LogP contribution in [0.2, 0.25) is 0 Å². The molecule has 0 aliphatic carbocycles. The summed E-state index contributed by atoms with van der Waals surface area (Å²) in [4.78, 5) is 42.7. The lowest BCUT2D eigenvalue weighted by Crippen LogP contribution is -2.29. The van der Waals surface area contributed by atoms with Gasteiger partial charge in [0.25, 0.3) is 5.56 Å². The molecule has 1 N–H and O–H groups in total. The van der Waals surface area contributed by atoms with Gasteiger partial charge in [-0.25, -0.2) is 14.6 Å². The summed E-state index contributed by atoms with van der Waals surface area (Å²) in [5.41, 5.74) is 0.530. The molecule has 2 heterocycles. The highest BCUT2D eigenvalue weighted by Gasteiger charge is 2.18. The van der Waals surface area contributed by atoms with Crippen molar-refractivity contribution in [2.45, 2.75) is 19.2 Å². The number of fused-ring (bicyclic) bond motifs is 1. The predicted octanol–water partition coefficient (Wildman–Crippen LogP) is 1.86. The van der Waals surface area contributed by atoms with E-state index in [0.717, 1.165) is 17.3 Å². The Kier molecular flexibility index (Phi) is 5.27. The number of benzene rings is 1. The molecule has 0 radical (unpaired) electrons. The average molecular weight is 374 g/mol. The third-order valence-corrected chi connectivity index (χ3v) is 4.61. The van der Waals surface area contributed by atoms with Crippen LogP contribution in [0.25, 0.3) is 11.2 Å². The first-order valence-electron chi connectivity index (χ1n) is 8.03. The Hall–Kier alpha value is -2.81. The molecule has 9 heteroatoms. The zero-order valence-corrected chi connectivity index (χ0v) is 15.2. The van der Waals surface area contributed by atoms with Crippen LogP contribution in [0.4, 0.5) is 4.79 Å². The van der Waals surface area contributed by atoms with Crippen molar-refractivity contribution in [3.63, 3.8) is 0 Å². The quantitative estimate of drug-likeness (QED) is 0.685. The van der Waals surface area contributed by atoms with Crippen LogP contribution in [0.1, 0.15) is 18.3 Å². The molecule has 0 saturated heterocycles. The summed E-state index contributed by atoms with van der Waals surface area (Å²) in [7, 11) is 1.54. The van der Waals surface area contributed by atoms with Gasteiger partial charge in [0.1, 0.15) is 5.82 Å². The fourth-order valence-electron chi connectivity index (χ4n) is 2.61. The summed E-state index contributed by atoms with van der Waals surface area (Å²) in [6.07, 6.45) is 0. The maximum Gasteiger partial charge on any atom is 0.367 e. The van der Waals surface area contributed by atoms with Gasteiger partial charge < -0.3 is 9.30 Å². The largest absolute Gasteiger partial charge is 0.458 e. The highest BCUT2D eigenvalue weighted by atomic mass is 32.2. The standard InChI is InChI=1S/C17H18N4O4S/c1-3-25-17(24)26-10-12-18-14-13(15(22)19-16(23)20(14)2)21(12)9-11-7-5-4-6-8-11/h4-8H,3,9-10H2,1-2H3,(H,19,22,23). The lowest BCUT2D eigenvalue weighted by molar-refractivity contribution is 0.181. The third kappa shape index (κ3) is 3.57. The lowest BCUT2D eigenvalue weighted by Gasteiger charge is -2.08. The van der Waals surface area contributed by atoms with E-state index >= 15 is 0 Å². The number of carbonyl (C=O) groups excluding carboxylic acids is 1. The van der Waals surface area contributed by atoms with Crippen molar-refractivity contribution < 1.29 is 9.53 Å². The molecule has 8 nitrogen and oxygen atoms in total. The Labute approximate surface area is 152 Å². The number of rotatable bonds is 5. The third-order valence-electron chi connectivity index (χ3n) is 3.85. The van der Waals surface area contributed by atoms with Gasteiger partial charge >= 0.3 is 11.0 Å². The van der Waals surface area contributed by atoms with Gasteiger partial charge in [-0.15, -0.1) is 0 Å². The zero-order chi connectivity index (χ0) is 18.7. The summed E-state index contributed by atoms with van der Waals surface area (Å²) >= 11 is 0.966. The molecule has 0 saturated carbocycles. The molecule has 0 aliphatic heterocycles. The fraction of sp³-hybridized carbons (Fsp3) is 0.294. The molecule has 0 atom stereocenters. The Morgan fingerprint density at radius 3 is 2.69 bits per heavy atom. The van der Waals surface area contributed by atoms with Gasteiger partial charge in [-0.2, -0.15) is 0 Å². The van der Waals surface area contributed by atoms with E-state index < -0.39 is 16.6 Å². The number of ether oxygens (including phenoxy) is 1. The van der Waals surface area contributed by atoms with Crippen molar-refractivity contribution in [3.05, 3.63) is 62.6 Å². The SMILES string of the molecule is CCOC(=O)SCc1nc2c(c(=O)[nH]c(=O)n2C)n1Cc1ccccc1. The van der Waals surface area contributed by atoms with Crippen LogP contribution in [0.15, 0.2) is 39.9 Å². The van der Waals surface area contributed by atoms with Crippen LogP contribution in [0.5, 0.6) is 0 Å². The molecule has 0 amide bonds. The number of hydrogen-bond donors (Lipinski definition) is 1. The fourth-order valence-corrected chi connectivity index (χ4v) is 3.28. The Balaban J connectivity index is 2.09. The minimum atomic E-state index is -0.531. The van der Waals surface area contributed by atoms with Gasteiger partial charge in [-0.3, -0.25) is 14.3 Å². The van der Waals surface area contributed by atoms with E-state index in [1.54, 1.807) is 18.5 Å². The monoisotopic (exact) mass is 374 g/mol. The Bertz CT molecular complexity index is 1050. The first kappa shape index (κ1) is 18.0. The molecule has 0 spiro atoms. The average Bonchev–Trinajstić information content (AvgIpc) is 2.98. The van der Waals surface area contributed by atoms with Gasteiger partial charge in [0.15, 0.2) is 11.2 Å². The van der Waals surface area contributed by atoms with Gasteiger partial charge in [-0.05, 0) is 24.2 Å². The van der Waals surface area contributed by atoms with Gasteiger partial charge in [0, 0.05) is 13.6 Å². The number of imidazole rings is 1. The van der Waals surface area contributed by atoms with Crippen LogP contribution in [-0.2, 0) is 24.1 Å². The molecule has 26 heavy (non-hydrogen) atoms. The summed E-state index contributed by atoms with van der Waals surface area (Å²) < 4.78 is 7.95. The smallest absolute Gasteiger partial charge is 0.367 e. The Morgan fingerprint density at radius 1 is 1.27 bits per heavy atom. The zero-order valence-electron chi connectivity index (χ0n) is 14.4. The summed E-state index contributed by atoms with van der Waals surface area (Å²) in [6, 6.07) is 9.58. The van der Waals surface area contributed by atoms with E-state index in [1.807, 2.05) is 30.3 Å². The number of aryl methyl sites for hydroxylation is 1. The van der Waals surface area contributed by atoms with Crippen LogP contribution >= 0.6 is 11.8 Å². The second-order valence-electron chi connectivity index (χ2n) is 5.56. The number of nitrogens with zero attached hydrogens (tertiary/aromatic N) is 3.